The van der Waals surface area contributed by atoms with E-state index in [4.69, 9.17) is 4.74 Å². The number of hydrogen-bond acceptors (Lipinski definition) is 4. The van der Waals surface area contributed by atoms with Crippen molar-refractivity contribution in [3.05, 3.63) is 52.3 Å². The third-order valence-electron chi connectivity index (χ3n) is 6.96. The van der Waals surface area contributed by atoms with Crippen LogP contribution >= 0.6 is 0 Å². The highest BCUT2D eigenvalue weighted by Gasteiger charge is 2.43. The molecule has 2 bridgehead atoms. The second kappa shape index (κ2) is 8.33. The number of aromatic amines is 1. The van der Waals surface area contributed by atoms with Crippen LogP contribution in [-0.2, 0) is 6.42 Å². The topological polar surface area (TPSA) is 65.6 Å². The first-order chi connectivity index (χ1) is 14.1. The Hall–Kier alpha value is -2.11. The summed E-state index contributed by atoms with van der Waals surface area (Å²) in [6, 6.07) is 5.71. The van der Waals surface area contributed by atoms with Crippen LogP contribution in [0.1, 0.15) is 49.8 Å². The van der Waals surface area contributed by atoms with Crippen LogP contribution in [-0.4, -0.2) is 41.2 Å². The van der Waals surface area contributed by atoms with Gasteiger partial charge in [-0.25, -0.2) is 0 Å². The number of aliphatic hydroxyl groups excluding tert-OH is 1. The van der Waals surface area contributed by atoms with Crippen molar-refractivity contribution in [2.75, 3.05) is 20.2 Å². The number of nitrogens with one attached hydrogen (secondary N) is 1. The van der Waals surface area contributed by atoms with Gasteiger partial charge in [-0.2, -0.15) is 0 Å². The van der Waals surface area contributed by atoms with Crippen molar-refractivity contribution in [1.29, 1.82) is 0 Å². The molecule has 156 valence electrons. The molecule has 3 aliphatic rings. The molecule has 5 atom stereocenters. The Morgan fingerprint density at radius 3 is 2.93 bits per heavy atom. The van der Waals surface area contributed by atoms with Crippen LogP contribution in [0, 0.1) is 11.8 Å². The molecule has 2 N–H and O–H groups in total. The maximum absolute atomic E-state index is 12.9. The van der Waals surface area contributed by atoms with Crippen molar-refractivity contribution < 1.29 is 9.84 Å². The zero-order valence-corrected chi connectivity index (χ0v) is 17.5. The number of ether oxygens (including phenoxy) is 1. The number of H-pyrrole nitrogens is 1. The van der Waals surface area contributed by atoms with Gasteiger partial charge in [0, 0.05) is 34.6 Å². The number of aromatic nitrogens is 1. The number of benzene rings is 1. The summed E-state index contributed by atoms with van der Waals surface area (Å²) in [5, 5.41) is 12.5. The van der Waals surface area contributed by atoms with Crippen LogP contribution in [0.25, 0.3) is 10.9 Å². The van der Waals surface area contributed by atoms with E-state index in [9.17, 15) is 9.90 Å². The number of aliphatic hydroxyl groups is 1. The number of pyridine rings is 1. The third kappa shape index (κ3) is 3.62. The van der Waals surface area contributed by atoms with Gasteiger partial charge in [0.25, 0.3) is 5.56 Å². The lowest BCUT2D eigenvalue weighted by atomic mass is 9.73. The first-order valence-corrected chi connectivity index (χ1v) is 10.8. The molecule has 0 saturated carbocycles. The van der Waals surface area contributed by atoms with E-state index in [1.54, 1.807) is 7.11 Å². The number of hydrogen-bond donors (Lipinski definition) is 2. The molecule has 3 fully saturated rings. The number of piperidine rings is 3. The Kier molecular flexibility index (Phi) is 5.79. The molecule has 3 aliphatic heterocycles. The third-order valence-corrected chi connectivity index (χ3v) is 6.96. The first-order valence-electron chi connectivity index (χ1n) is 10.8. The molecule has 2 unspecified atom stereocenters. The van der Waals surface area contributed by atoms with Gasteiger partial charge in [0.05, 0.1) is 13.2 Å². The van der Waals surface area contributed by atoms with Crippen molar-refractivity contribution in [1.82, 2.24) is 9.88 Å². The minimum atomic E-state index is -0.688. The molecule has 0 spiro atoms. The Bertz CT molecular complexity index is 951. The summed E-state index contributed by atoms with van der Waals surface area (Å²) in [5.41, 5.74) is 2.20. The monoisotopic (exact) mass is 396 g/mol. The molecule has 29 heavy (non-hydrogen) atoms. The number of methoxy groups -OCH3 is 1. The lowest BCUT2D eigenvalue weighted by molar-refractivity contribution is -0.0447. The van der Waals surface area contributed by atoms with Crippen LogP contribution in [0.3, 0.4) is 0 Å². The fraction of sp³-hybridized carbons (Fsp3) is 0.542. The minimum Gasteiger partial charge on any atom is -0.497 e. The summed E-state index contributed by atoms with van der Waals surface area (Å²) in [7, 11) is 1.64. The normalized spacial score (nSPS) is 27.1. The number of unbranched alkanes of at least 4 members (excludes halogenated alkanes) is 1. The smallest absolute Gasteiger partial charge is 0.251 e. The maximum Gasteiger partial charge on any atom is 0.251 e. The molecule has 3 saturated heterocycles. The van der Waals surface area contributed by atoms with Gasteiger partial charge in [0.15, 0.2) is 0 Å². The van der Waals surface area contributed by atoms with Crippen LogP contribution in [0.4, 0.5) is 0 Å². The zero-order valence-electron chi connectivity index (χ0n) is 17.5. The summed E-state index contributed by atoms with van der Waals surface area (Å²) >= 11 is 0. The van der Waals surface area contributed by atoms with Gasteiger partial charge in [-0.15, -0.1) is 6.58 Å². The lowest BCUT2D eigenvalue weighted by Gasteiger charge is -2.50. The molecule has 5 rings (SSSR count). The van der Waals surface area contributed by atoms with E-state index in [2.05, 4.69) is 29.5 Å². The summed E-state index contributed by atoms with van der Waals surface area (Å²) in [5.74, 6) is 1.80. The van der Waals surface area contributed by atoms with Gasteiger partial charge in [0.1, 0.15) is 5.75 Å². The summed E-state index contributed by atoms with van der Waals surface area (Å²) in [6.07, 6.45) is 6.09. The van der Waals surface area contributed by atoms with Crippen molar-refractivity contribution in [3.8, 4) is 5.75 Å². The lowest BCUT2D eigenvalue weighted by Crippen LogP contribution is -2.55. The molecule has 1 aromatic carbocycles. The first kappa shape index (κ1) is 20.2. The second-order valence-electron chi connectivity index (χ2n) is 8.55. The van der Waals surface area contributed by atoms with E-state index in [0.29, 0.717) is 18.3 Å². The van der Waals surface area contributed by atoms with E-state index >= 15 is 0 Å². The Balaban J connectivity index is 1.81. The Morgan fingerprint density at radius 2 is 2.28 bits per heavy atom. The average Bonchev–Trinajstić information content (AvgIpc) is 2.76. The molecular formula is C24H32N2O3. The fourth-order valence-corrected chi connectivity index (χ4v) is 5.30. The largest absolute Gasteiger partial charge is 0.497 e. The highest BCUT2D eigenvalue weighted by molar-refractivity contribution is 5.85. The SMILES string of the molecule is C=C[C@H]1CN2CCC1C[C@H]2[C@H](O)c1c(CCCC)c(=O)[nH]c2ccc(OC)cc12. The molecule has 0 aliphatic carbocycles. The van der Waals surface area contributed by atoms with E-state index in [1.165, 1.54) is 0 Å². The zero-order chi connectivity index (χ0) is 20.5. The van der Waals surface area contributed by atoms with Gasteiger partial charge in [-0.05, 0) is 62.3 Å². The predicted molar refractivity (Wildman–Crippen MR) is 116 cm³/mol. The summed E-state index contributed by atoms with van der Waals surface area (Å²) in [4.78, 5) is 18.3. The number of nitrogens with zero attached hydrogens (tertiary/aromatic N) is 1. The molecule has 5 heteroatoms. The molecule has 1 aromatic heterocycles. The molecule has 4 heterocycles. The highest BCUT2D eigenvalue weighted by Crippen LogP contribution is 2.42. The molecule has 0 radical (unpaired) electrons. The molecule has 2 aromatic rings. The van der Waals surface area contributed by atoms with Gasteiger partial charge in [-0.1, -0.05) is 19.4 Å². The van der Waals surface area contributed by atoms with E-state index in [0.717, 1.165) is 66.6 Å². The maximum atomic E-state index is 12.9. The van der Waals surface area contributed by atoms with Crippen LogP contribution in [0.5, 0.6) is 5.75 Å². The fourth-order valence-electron chi connectivity index (χ4n) is 5.30. The number of rotatable bonds is 7. The van der Waals surface area contributed by atoms with E-state index in [1.807, 2.05) is 18.2 Å². The van der Waals surface area contributed by atoms with E-state index < -0.39 is 6.10 Å². The van der Waals surface area contributed by atoms with E-state index in [-0.39, 0.29) is 11.6 Å². The highest BCUT2D eigenvalue weighted by atomic mass is 16.5. The summed E-state index contributed by atoms with van der Waals surface area (Å²) < 4.78 is 5.44. The standard InChI is InChI=1S/C24H32N2O3/c1-4-6-7-18-22(19-13-17(29-3)8-9-20(19)25-24(18)28)23(27)21-12-16-10-11-26(21)14-15(16)5-2/h5,8-9,13,15-16,21,23,27H,2,4,6-7,10-12,14H2,1,3H3,(H,25,28)/t15-,16?,21-,23-/m0/s1. The quantitative estimate of drug-likeness (QED) is 0.699. The molecule has 5 nitrogen and oxygen atoms in total. The van der Waals surface area contributed by atoms with Gasteiger partial charge in [0.2, 0.25) is 0 Å². The van der Waals surface area contributed by atoms with Crippen molar-refractivity contribution in [2.24, 2.45) is 11.8 Å². The molecule has 0 amide bonds. The van der Waals surface area contributed by atoms with Crippen molar-refractivity contribution in [3.63, 3.8) is 0 Å². The van der Waals surface area contributed by atoms with Gasteiger partial charge in [-0.3, -0.25) is 9.69 Å². The predicted octanol–water partition coefficient (Wildman–Crippen LogP) is 3.81. The molecular weight excluding hydrogens is 364 g/mol. The van der Waals surface area contributed by atoms with Crippen LogP contribution in [0.15, 0.2) is 35.6 Å². The average molecular weight is 397 g/mol. The van der Waals surface area contributed by atoms with Crippen LogP contribution < -0.4 is 10.3 Å². The Morgan fingerprint density at radius 1 is 1.45 bits per heavy atom. The summed E-state index contributed by atoms with van der Waals surface area (Å²) in [6.45, 7) is 8.08. The van der Waals surface area contributed by atoms with Crippen molar-refractivity contribution >= 4 is 10.9 Å². The minimum absolute atomic E-state index is 0.0431. The van der Waals surface area contributed by atoms with Crippen molar-refractivity contribution in [2.45, 2.75) is 51.2 Å². The van der Waals surface area contributed by atoms with Gasteiger partial charge >= 0.3 is 0 Å². The number of fused-ring (bicyclic) bond motifs is 4. The Labute approximate surface area is 172 Å². The second-order valence-corrected chi connectivity index (χ2v) is 8.55. The van der Waals surface area contributed by atoms with Gasteiger partial charge < -0.3 is 14.8 Å². The van der Waals surface area contributed by atoms with Crippen LogP contribution in [0.2, 0.25) is 0 Å².